The van der Waals surface area contributed by atoms with E-state index in [4.69, 9.17) is 0 Å². The maximum Gasteiger partial charge on any atom is 0.335 e. The van der Waals surface area contributed by atoms with Gasteiger partial charge in [0.2, 0.25) is 5.91 Å². The first-order chi connectivity index (χ1) is 16.5. The molecule has 1 amide bonds. The number of amides is 1. The molecule has 2 aliphatic heterocycles. The van der Waals surface area contributed by atoms with Crippen LogP contribution in [0.25, 0.3) is 5.69 Å². The van der Waals surface area contributed by atoms with Gasteiger partial charge in [-0.2, -0.15) is 0 Å². The zero-order valence-corrected chi connectivity index (χ0v) is 19.7. The Labute approximate surface area is 198 Å². The Morgan fingerprint density at radius 1 is 0.912 bits per heavy atom. The number of benzene rings is 2. The molecule has 0 unspecified atom stereocenters. The third kappa shape index (κ3) is 3.75. The van der Waals surface area contributed by atoms with Gasteiger partial charge in [0.25, 0.3) is 5.56 Å². The van der Waals surface area contributed by atoms with E-state index in [1.54, 1.807) is 4.57 Å². The van der Waals surface area contributed by atoms with Crippen molar-refractivity contribution in [3.05, 3.63) is 86.7 Å². The van der Waals surface area contributed by atoms with Crippen LogP contribution in [-0.2, 0) is 18.3 Å². The molecular weight excluding hydrogens is 428 g/mol. The quantitative estimate of drug-likeness (QED) is 0.605. The Bertz CT molecular complexity index is 1330. The highest BCUT2D eigenvalue weighted by atomic mass is 16.2. The summed E-state index contributed by atoms with van der Waals surface area (Å²) in [4.78, 5) is 43.5. The summed E-state index contributed by atoms with van der Waals surface area (Å²) in [5.41, 5.74) is 3.54. The first-order valence-electron chi connectivity index (χ1n) is 12.0. The number of nitrogens with zero attached hydrogens (tertiary/aromatic N) is 4. The molecule has 176 valence electrons. The van der Waals surface area contributed by atoms with Gasteiger partial charge in [-0.3, -0.25) is 18.7 Å². The number of para-hydroxylation sites is 2. The Morgan fingerprint density at radius 3 is 2.32 bits per heavy atom. The van der Waals surface area contributed by atoms with E-state index in [1.165, 1.54) is 17.2 Å². The van der Waals surface area contributed by atoms with E-state index < -0.39 is 0 Å². The highest BCUT2D eigenvalue weighted by Crippen LogP contribution is 2.31. The second kappa shape index (κ2) is 8.97. The van der Waals surface area contributed by atoms with Crippen molar-refractivity contribution in [1.29, 1.82) is 0 Å². The van der Waals surface area contributed by atoms with Crippen LogP contribution in [0.2, 0.25) is 0 Å². The highest BCUT2D eigenvalue weighted by Gasteiger charge is 2.33. The standard InChI is InChI=1S/C27H30N4O3/c1-19-24(26(33)28(2)27(34)31(19)22-11-4-3-5-12-22)29-17-14-21(15-18-29)25(32)30-16-8-10-20-9-6-7-13-23(20)30/h3-7,9,11-13,21H,8,10,14-18H2,1-2H3. The van der Waals surface area contributed by atoms with Crippen molar-refractivity contribution in [3.8, 4) is 5.69 Å². The number of hydrogen-bond donors (Lipinski definition) is 0. The normalized spacial score (nSPS) is 16.4. The summed E-state index contributed by atoms with van der Waals surface area (Å²) in [6.45, 7) is 3.80. The number of hydrogen-bond acceptors (Lipinski definition) is 4. The number of carbonyl (C=O) groups excluding carboxylic acids is 1. The second-order valence-corrected chi connectivity index (χ2v) is 9.24. The van der Waals surface area contributed by atoms with Crippen LogP contribution in [0.3, 0.4) is 0 Å². The third-order valence-corrected chi connectivity index (χ3v) is 7.21. The van der Waals surface area contributed by atoms with Gasteiger partial charge in [0.1, 0.15) is 5.69 Å². The lowest BCUT2D eigenvalue weighted by Gasteiger charge is -2.37. The molecule has 3 heterocycles. The molecule has 0 N–H and O–H groups in total. The van der Waals surface area contributed by atoms with Crippen molar-refractivity contribution in [2.75, 3.05) is 29.4 Å². The van der Waals surface area contributed by atoms with Gasteiger partial charge in [0.05, 0.1) is 11.4 Å². The fourth-order valence-corrected chi connectivity index (χ4v) is 5.38. The molecule has 1 saturated heterocycles. The first kappa shape index (κ1) is 22.2. The molecule has 0 aliphatic carbocycles. The fourth-order valence-electron chi connectivity index (χ4n) is 5.38. The molecule has 3 aromatic rings. The Morgan fingerprint density at radius 2 is 1.59 bits per heavy atom. The molecule has 7 nitrogen and oxygen atoms in total. The summed E-state index contributed by atoms with van der Waals surface area (Å²) in [5, 5.41) is 0. The summed E-state index contributed by atoms with van der Waals surface area (Å²) in [6, 6.07) is 17.6. The minimum atomic E-state index is -0.355. The minimum Gasteiger partial charge on any atom is -0.366 e. The number of aryl methyl sites for hydroxylation is 1. The lowest BCUT2D eigenvalue weighted by molar-refractivity contribution is -0.123. The van der Waals surface area contributed by atoms with Crippen LogP contribution in [0.1, 0.15) is 30.5 Å². The van der Waals surface area contributed by atoms with Gasteiger partial charge in [-0.15, -0.1) is 0 Å². The molecule has 0 bridgehead atoms. The summed E-state index contributed by atoms with van der Waals surface area (Å²) in [7, 11) is 1.52. The van der Waals surface area contributed by atoms with Gasteiger partial charge in [0.15, 0.2) is 0 Å². The number of piperidine rings is 1. The minimum absolute atomic E-state index is 0.0633. The van der Waals surface area contributed by atoms with Crippen LogP contribution in [0, 0.1) is 12.8 Å². The molecule has 2 aliphatic rings. The molecule has 1 fully saturated rings. The summed E-state index contributed by atoms with van der Waals surface area (Å²) in [6.07, 6.45) is 3.37. The van der Waals surface area contributed by atoms with Crippen LogP contribution in [-0.4, -0.2) is 34.7 Å². The van der Waals surface area contributed by atoms with Crippen molar-refractivity contribution in [3.63, 3.8) is 0 Å². The third-order valence-electron chi connectivity index (χ3n) is 7.21. The van der Waals surface area contributed by atoms with E-state index in [-0.39, 0.29) is 23.1 Å². The molecule has 34 heavy (non-hydrogen) atoms. The number of aromatic nitrogens is 2. The summed E-state index contributed by atoms with van der Waals surface area (Å²) < 4.78 is 2.77. The van der Waals surface area contributed by atoms with Crippen molar-refractivity contribution in [1.82, 2.24) is 9.13 Å². The smallest absolute Gasteiger partial charge is 0.335 e. The lowest BCUT2D eigenvalue weighted by atomic mass is 9.92. The van der Waals surface area contributed by atoms with Crippen molar-refractivity contribution >= 4 is 17.3 Å². The van der Waals surface area contributed by atoms with Crippen LogP contribution in [0.15, 0.2) is 64.2 Å². The van der Waals surface area contributed by atoms with E-state index in [9.17, 15) is 14.4 Å². The average Bonchev–Trinajstić information content (AvgIpc) is 2.88. The molecule has 5 rings (SSSR count). The van der Waals surface area contributed by atoms with Crippen LogP contribution in [0.5, 0.6) is 0 Å². The molecule has 1 aromatic heterocycles. The highest BCUT2D eigenvalue weighted by molar-refractivity contribution is 5.96. The largest absolute Gasteiger partial charge is 0.366 e. The number of anilines is 2. The predicted molar refractivity (Wildman–Crippen MR) is 134 cm³/mol. The maximum atomic E-state index is 13.4. The number of carbonyl (C=O) groups is 1. The molecule has 0 atom stereocenters. The topological polar surface area (TPSA) is 67.6 Å². The van der Waals surface area contributed by atoms with Crippen molar-refractivity contribution in [2.24, 2.45) is 13.0 Å². The molecule has 0 spiro atoms. The van der Waals surface area contributed by atoms with Crippen LogP contribution >= 0.6 is 0 Å². The molecule has 0 radical (unpaired) electrons. The van der Waals surface area contributed by atoms with Gasteiger partial charge in [-0.1, -0.05) is 36.4 Å². The lowest BCUT2D eigenvalue weighted by Crippen LogP contribution is -2.48. The van der Waals surface area contributed by atoms with Crippen LogP contribution < -0.4 is 21.0 Å². The predicted octanol–water partition coefficient (Wildman–Crippen LogP) is 3.04. The summed E-state index contributed by atoms with van der Waals surface area (Å²) in [5.74, 6) is 0.122. The Balaban J connectivity index is 1.40. The molecule has 7 heteroatoms. The van der Waals surface area contributed by atoms with E-state index >= 15 is 0 Å². The molecule has 0 saturated carbocycles. The summed E-state index contributed by atoms with van der Waals surface area (Å²) >= 11 is 0. The first-order valence-corrected chi connectivity index (χ1v) is 12.0. The second-order valence-electron chi connectivity index (χ2n) is 9.24. The van der Waals surface area contributed by atoms with Crippen molar-refractivity contribution < 1.29 is 4.79 Å². The van der Waals surface area contributed by atoms with Gasteiger partial charge in [0, 0.05) is 38.3 Å². The zero-order valence-electron chi connectivity index (χ0n) is 19.7. The SMILES string of the molecule is Cc1c(N2CCC(C(=O)N3CCCc4ccccc43)CC2)c(=O)n(C)c(=O)n1-c1ccccc1. The van der Waals surface area contributed by atoms with E-state index in [0.29, 0.717) is 37.3 Å². The Hall–Kier alpha value is -3.61. The number of fused-ring (bicyclic) bond motifs is 1. The van der Waals surface area contributed by atoms with E-state index in [0.717, 1.165) is 30.8 Å². The van der Waals surface area contributed by atoms with Gasteiger partial charge in [-0.05, 0) is 56.4 Å². The molecule has 2 aromatic carbocycles. The van der Waals surface area contributed by atoms with Crippen LogP contribution in [0.4, 0.5) is 11.4 Å². The van der Waals surface area contributed by atoms with E-state index in [2.05, 4.69) is 6.07 Å². The van der Waals surface area contributed by atoms with Gasteiger partial charge >= 0.3 is 5.69 Å². The molecular formula is C27H30N4O3. The zero-order chi connectivity index (χ0) is 23.8. The van der Waals surface area contributed by atoms with Gasteiger partial charge < -0.3 is 9.80 Å². The van der Waals surface area contributed by atoms with Gasteiger partial charge in [-0.25, -0.2) is 4.79 Å². The van der Waals surface area contributed by atoms with E-state index in [1.807, 2.05) is 65.3 Å². The van der Waals surface area contributed by atoms with Crippen molar-refractivity contribution in [2.45, 2.75) is 32.6 Å². The monoisotopic (exact) mass is 458 g/mol. The number of rotatable bonds is 3. The maximum absolute atomic E-state index is 13.4. The average molecular weight is 459 g/mol. The Kier molecular flexibility index (Phi) is 5.86. The fraction of sp³-hybridized carbons (Fsp3) is 0.370.